The summed E-state index contributed by atoms with van der Waals surface area (Å²) in [5, 5.41) is 1.85. The lowest BCUT2D eigenvalue weighted by molar-refractivity contribution is 0.963. The topological polar surface area (TPSA) is 17.8 Å². The van der Waals surface area contributed by atoms with Crippen molar-refractivity contribution in [2.24, 2.45) is 7.05 Å². The molecule has 62 valence electrons. The molecule has 0 aromatic carbocycles. The van der Waals surface area contributed by atoms with Crippen LogP contribution in [0.1, 0.15) is 5.56 Å². The van der Waals surface area contributed by atoms with Crippen LogP contribution in [-0.2, 0) is 7.05 Å². The minimum Gasteiger partial charge on any atom is -0.334 e. The standard InChI is InChI=1S/C9H9ClN2/c1-6-4-11-5-7-3-8(10)12(2)9(6)7/h3-5H,1-2H3. The quantitative estimate of drug-likeness (QED) is 0.609. The van der Waals surface area contributed by atoms with Gasteiger partial charge in [0, 0.05) is 24.8 Å². The van der Waals surface area contributed by atoms with Crippen LogP contribution >= 0.6 is 11.6 Å². The SMILES string of the molecule is Cc1cncc2cc(Cl)n(C)c12. The molecule has 3 heteroatoms. The molecule has 0 bridgehead atoms. The summed E-state index contributed by atoms with van der Waals surface area (Å²) in [5.41, 5.74) is 2.32. The molecule has 2 nitrogen and oxygen atoms in total. The lowest BCUT2D eigenvalue weighted by atomic mass is 10.2. The van der Waals surface area contributed by atoms with E-state index in [9.17, 15) is 0 Å². The molecular weight excluding hydrogens is 172 g/mol. The average molecular weight is 181 g/mol. The predicted molar refractivity (Wildman–Crippen MR) is 50.5 cm³/mol. The summed E-state index contributed by atoms with van der Waals surface area (Å²) in [6.45, 7) is 2.03. The monoisotopic (exact) mass is 180 g/mol. The van der Waals surface area contributed by atoms with Crippen molar-refractivity contribution >= 4 is 22.5 Å². The van der Waals surface area contributed by atoms with E-state index in [1.165, 1.54) is 0 Å². The fraction of sp³-hybridized carbons (Fsp3) is 0.222. The molecule has 0 aliphatic rings. The highest BCUT2D eigenvalue weighted by Gasteiger charge is 2.04. The second-order valence-corrected chi connectivity index (χ2v) is 3.31. The van der Waals surface area contributed by atoms with Gasteiger partial charge in [0.05, 0.1) is 5.52 Å². The van der Waals surface area contributed by atoms with Gasteiger partial charge in [0.15, 0.2) is 0 Å². The molecule has 0 amide bonds. The number of aromatic nitrogens is 2. The zero-order chi connectivity index (χ0) is 8.72. The first kappa shape index (κ1) is 7.62. The number of hydrogen-bond donors (Lipinski definition) is 0. The Labute approximate surface area is 75.8 Å². The molecule has 2 rings (SSSR count). The Hall–Kier alpha value is -1.02. The maximum atomic E-state index is 5.96. The van der Waals surface area contributed by atoms with Crippen LogP contribution in [0, 0.1) is 6.92 Å². The zero-order valence-electron chi connectivity index (χ0n) is 7.00. The van der Waals surface area contributed by atoms with Crippen LogP contribution in [0.25, 0.3) is 10.9 Å². The zero-order valence-corrected chi connectivity index (χ0v) is 7.76. The second-order valence-electron chi connectivity index (χ2n) is 2.92. The average Bonchev–Trinajstić information content (AvgIpc) is 2.29. The van der Waals surface area contributed by atoms with Crippen molar-refractivity contribution in [3.05, 3.63) is 29.2 Å². The minimum atomic E-state index is 0.751. The molecule has 0 unspecified atom stereocenters. The van der Waals surface area contributed by atoms with Gasteiger partial charge >= 0.3 is 0 Å². The van der Waals surface area contributed by atoms with Crippen LogP contribution in [0.4, 0.5) is 0 Å². The highest BCUT2D eigenvalue weighted by molar-refractivity contribution is 6.30. The molecule has 2 heterocycles. The molecule has 0 aliphatic carbocycles. The summed E-state index contributed by atoms with van der Waals surface area (Å²) in [4.78, 5) is 4.09. The fourth-order valence-corrected chi connectivity index (χ4v) is 1.68. The van der Waals surface area contributed by atoms with E-state index < -0.39 is 0 Å². The first-order chi connectivity index (χ1) is 5.70. The van der Waals surface area contributed by atoms with Crippen molar-refractivity contribution in [1.82, 2.24) is 9.55 Å². The Morgan fingerprint density at radius 1 is 1.42 bits per heavy atom. The summed E-state index contributed by atoms with van der Waals surface area (Å²) in [7, 11) is 1.96. The Kier molecular flexibility index (Phi) is 1.58. The lowest BCUT2D eigenvalue weighted by Crippen LogP contribution is -1.89. The van der Waals surface area contributed by atoms with Crippen molar-refractivity contribution in [1.29, 1.82) is 0 Å². The van der Waals surface area contributed by atoms with Gasteiger partial charge in [0.1, 0.15) is 5.15 Å². The van der Waals surface area contributed by atoms with Crippen molar-refractivity contribution in [3.63, 3.8) is 0 Å². The largest absolute Gasteiger partial charge is 0.334 e. The summed E-state index contributed by atoms with van der Waals surface area (Å²) < 4.78 is 1.97. The number of hydrogen-bond acceptors (Lipinski definition) is 1. The van der Waals surface area contributed by atoms with E-state index in [0.717, 1.165) is 21.6 Å². The number of aryl methyl sites for hydroxylation is 2. The van der Waals surface area contributed by atoms with Crippen LogP contribution < -0.4 is 0 Å². The molecule has 0 atom stereocenters. The number of halogens is 1. The van der Waals surface area contributed by atoms with E-state index in [2.05, 4.69) is 4.98 Å². The number of nitrogens with zero attached hydrogens (tertiary/aromatic N) is 2. The van der Waals surface area contributed by atoms with Crippen LogP contribution in [0.15, 0.2) is 18.5 Å². The first-order valence-corrected chi connectivity index (χ1v) is 4.13. The maximum Gasteiger partial charge on any atom is 0.109 e. The van der Waals surface area contributed by atoms with Crippen LogP contribution in [-0.4, -0.2) is 9.55 Å². The third-order valence-corrected chi connectivity index (χ3v) is 2.42. The molecule has 2 aromatic rings. The van der Waals surface area contributed by atoms with E-state index in [1.807, 2.05) is 37.0 Å². The Bertz CT molecular complexity index is 431. The van der Waals surface area contributed by atoms with Gasteiger partial charge in [-0.3, -0.25) is 4.98 Å². The number of pyridine rings is 1. The number of rotatable bonds is 0. The van der Waals surface area contributed by atoms with Gasteiger partial charge in [-0.25, -0.2) is 0 Å². The maximum absolute atomic E-state index is 5.96. The fourth-order valence-electron chi connectivity index (χ4n) is 1.48. The van der Waals surface area contributed by atoms with Crippen molar-refractivity contribution in [2.45, 2.75) is 6.92 Å². The smallest absolute Gasteiger partial charge is 0.109 e. The van der Waals surface area contributed by atoms with Crippen molar-refractivity contribution < 1.29 is 0 Å². The first-order valence-electron chi connectivity index (χ1n) is 3.75. The highest BCUT2D eigenvalue weighted by atomic mass is 35.5. The molecule has 2 aromatic heterocycles. The summed E-state index contributed by atoms with van der Waals surface area (Å²) in [6, 6.07) is 1.93. The normalized spacial score (nSPS) is 10.9. The second kappa shape index (κ2) is 2.49. The minimum absolute atomic E-state index is 0.751. The van der Waals surface area contributed by atoms with Gasteiger partial charge < -0.3 is 4.57 Å². The van der Waals surface area contributed by atoms with E-state index in [0.29, 0.717) is 0 Å². The van der Waals surface area contributed by atoms with Gasteiger partial charge in [-0.1, -0.05) is 11.6 Å². The summed E-state index contributed by atoms with van der Waals surface area (Å²) >= 11 is 5.96. The number of fused-ring (bicyclic) bond motifs is 1. The molecular formula is C9H9ClN2. The molecule has 0 fully saturated rings. The van der Waals surface area contributed by atoms with Crippen LogP contribution in [0.5, 0.6) is 0 Å². The van der Waals surface area contributed by atoms with Crippen molar-refractivity contribution in [3.8, 4) is 0 Å². The molecule has 12 heavy (non-hydrogen) atoms. The van der Waals surface area contributed by atoms with Gasteiger partial charge in [-0.15, -0.1) is 0 Å². The van der Waals surface area contributed by atoms with Crippen LogP contribution in [0.2, 0.25) is 5.15 Å². The molecule has 0 saturated carbocycles. The third-order valence-electron chi connectivity index (χ3n) is 2.06. The van der Waals surface area contributed by atoms with Crippen molar-refractivity contribution in [2.75, 3.05) is 0 Å². The Balaban J connectivity index is 2.97. The third kappa shape index (κ3) is 0.916. The lowest BCUT2D eigenvalue weighted by Gasteiger charge is -1.99. The van der Waals surface area contributed by atoms with E-state index in [1.54, 1.807) is 0 Å². The van der Waals surface area contributed by atoms with Gasteiger partial charge in [0.2, 0.25) is 0 Å². The van der Waals surface area contributed by atoms with Crippen LogP contribution in [0.3, 0.4) is 0 Å². The summed E-state index contributed by atoms with van der Waals surface area (Å²) in [5.74, 6) is 0. The Morgan fingerprint density at radius 2 is 2.17 bits per heavy atom. The van der Waals surface area contributed by atoms with E-state index >= 15 is 0 Å². The molecule has 0 aliphatic heterocycles. The molecule has 0 radical (unpaired) electrons. The molecule has 0 spiro atoms. The highest BCUT2D eigenvalue weighted by Crippen LogP contribution is 2.23. The summed E-state index contributed by atoms with van der Waals surface area (Å²) in [6.07, 6.45) is 3.67. The Morgan fingerprint density at radius 3 is 2.83 bits per heavy atom. The predicted octanol–water partition coefficient (Wildman–Crippen LogP) is 2.54. The van der Waals surface area contributed by atoms with E-state index in [-0.39, 0.29) is 0 Å². The molecule has 0 saturated heterocycles. The van der Waals surface area contributed by atoms with Gasteiger partial charge in [-0.2, -0.15) is 0 Å². The molecule has 0 N–H and O–H groups in total. The van der Waals surface area contributed by atoms with E-state index in [4.69, 9.17) is 11.6 Å². The van der Waals surface area contributed by atoms with Gasteiger partial charge in [0.25, 0.3) is 0 Å². The van der Waals surface area contributed by atoms with Gasteiger partial charge in [-0.05, 0) is 18.6 Å².